The van der Waals surface area contributed by atoms with Crippen LogP contribution in [0.2, 0.25) is 5.28 Å². The van der Waals surface area contributed by atoms with Crippen LogP contribution in [-0.2, 0) is 0 Å². The van der Waals surface area contributed by atoms with E-state index < -0.39 is 0 Å². The number of thioether (sulfide) groups is 1. The number of nitrogens with zero attached hydrogens (tertiary/aromatic N) is 2. The standard InChI is InChI=1S/C5H4ClN2S.2ClH.Li.Mg/c1-9-4-2-3-7-5(6)8-4;;;;/h2H,1H3;2*1H;;/q-1;;;+1;+2/p-2. The molecular formula is C5H4Cl3LiMgN2S. The Morgan fingerprint density at radius 1 is 1.46 bits per heavy atom. The van der Waals surface area contributed by atoms with Gasteiger partial charge in [-0.15, -0.1) is 17.7 Å². The molecule has 0 bridgehead atoms. The molecule has 0 aliphatic heterocycles. The van der Waals surface area contributed by atoms with Crippen molar-refractivity contribution in [1.29, 1.82) is 0 Å². The summed E-state index contributed by atoms with van der Waals surface area (Å²) in [5.74, 6) is 0. The van der Waals surface area contributed by atoms with Crippen LogP contribution in [0.15, 0.2) is 11.1 Å². The third-order valence-electron chi connectivity index (χ3n) is 0.756. The van der Waals surface area contributed by atoms with E-state index in [0.29, 0.717) is 0 Å². The van der Waals surface area contributed by atoms with Crippen LogP contribution in [0, 0.1) is 6.20 Å². The molecule has 1 rings (SSSR count). The normalized spacial score (nSPS) is 6.62. The largest absolute Gasteiger partial charge is 2.00 e. The summed E-state index contributed by atoms with van der Waals surface area (Å²) in [7, 11) is 0. The van der Waals surface area contributed by atoms with E-state index in [1.807, 2.05) is 6.26 Å². The van der Waals surface area contributed by atoms with Gasteiger partial charge in [0.15, 0.2) is 0 Å². The molecule has 1 heterocycles. The maximum Gasteiger partial charge on any atom is 2.00 e. The summed E-state index contributed by atoms with van der Waals surface area (Å²) in [6.07, 6.45) is 4.54. The molecule has 0 aliphatic carbocycles. The molecule has 0 saturated carbocycles. The molecule has 0 radical (unpaired) electrons. The summed E-state index contributed by atoms with van der Waals surface area (Å²) in [5.41, 5.74) is 0. The van der Waals surface area contributed by atoms with Gasteiger partial charge in [-0.05, 0) is 11.3 Å². The third-order valence-corrected chi connectivity index (χ3v) is 1.55. The molecule has 0 amide bonds. The minimum Gasteiger partial charge on any atom is -1.00 e. The van der Waals surface area contributed by atoms with Crippen molar-refractivity contribution in [2.24, 2.45) is 0 Å². The Morgan fingerprint density at radius 2 is 2.00 bits per heavy atom. The van der Waals surface area contributed by atoms with Crippen LogP contribution in [0.4, 0.5) is 0 Å². The maximum atomic E-state index is 5.46. The van der Waals surface area contributed by atoms with E-state index in [9.17, 15) is 0 Å². The Hall–Kier alpha value is 1.66. The predicted octanol–water partition coefficient (Wildman–Crippen LogP) is -7.72. The minimum absolute atomic E-state index is 0. The summed E-state index contributed by atoms with van der Waals surface area (Å²) in [4.78, 5) is 7.48. The summed E-state index contributed by atoms with van der Waals surface area (Å²) in [5, 5.41) is 1.09. The molecule has 64 valence electrons. The summed E-state index contributed by atoms with van der Waals surface area (Å²) >= 11 is 6.97. The van der Waals surface area contributed by atoms with Gasteiger partial charge in [0, 0.05) is 0 Å². The van der Waals surface area contributed by atoms with Crippen LogP contribution in [0.5, 0.6) is 0 Å². The van der Waals surface area contributed by atoms with Crippen molar-refractivity contribution in [1.82, 2.24) is 9.97 Å². The van der Waals surface area contributed by atoms with Gasteiger partial charge in [0.05, 0.1) is 0 Å². The van der Waals surface area contributed by atoms with Crippen LogP contribution >= 0.6 is 23.4 Å². The zero-order valence-corrected chi connectivity index (χ0v) is 11.7. The van der Waals surface area contributed by atoms with Crippen molar-refractivity contribution in [2.75, 3.05) is 6.26 Å². The second-order valence-electron chi connectivity index (χ2n) is 1.31. The third kappa shape index (κ3) is 9.96. The van der Waals surface area contributed by atoms with Crippen molar-refractivity contribution in [3.05, 3.63) is 17.5 Å². The van der Waals surface area contributed by atoms with Crippen LogP contribution in [0.25, 0.3) is 0 Å². The van der Waals surface area contributed by atoms with Crippen LogP contribution < -0.4 is 43.7 Å². The average Bonchev–Trinajstić information content (AvgIpc) is 1.88. The van der Waals surface area contributed by atoms with Crippen LogP contribution in [0.1, 0.15) is 0 Å². The smallest absolute Gasteiger partial charge is 1.00 e. The topological polar surface area (TPSA) is 25.8 Å². The van der Waals surface area contributed by atoms with E-state index in [1.165, 1.54) is 11.8 Å². The van der Waals surface area contributed by atoms with Gasteiger partial charge in [-0.1, -0.05) is 6.20 Å². The molecule has 1 aromatic rings. The van der Waals surface area contributed by atoms with E-state index >= 15 is 0 Å². The van der Waals surface area contributed by atoms with E-state index in [4.69, 9.17) is 11.6 Å². The first-order chi connectivity index (χ1) is 4.33. The number of halogens is 3. The van der Waals surface area contributed by atoms with Gasteiger partial charge in [0.2, 0.25) is 0 Å². The Kier molecular flexibility index (Phi) is 25.3. The first-order valence-electron chi connectivity index (χ1n) is 2.27. The molecule has 0 aromatic carbocycles. The Labute approximate surface area is 128 Å². The number of aromatic nitrogens is 2. The SMILES string of the molecule is CSc1c[c-]nc(Cl)n1.[Cl-].[Cl-].[Li+].[Mg+2]. The molecule has 0 unspecified atom stereocenters. The molecule has 0 saturated heterocycles. The van der Waals surface area contributed by atoms with E-state index in [-0.39, 0.29) is 72.0 Å². The minimum atomic E-state index is 0. The molecule has 0 N–H and O–H groups in total. The molecule has 13 heavy (non-hydrogen) atoms. The Bertz CT molecular complexity index is 219. The van der Waals surface area contributed by atoms with Crippen molar-refractivity contribution < 1.29 is 43.7 Å². The monoisotopic (exact) mass is 260 g/mol. The summed E-state index contributed by atoms with van der Waals surface area (Å²) < 4.78 is 0. The first-order valence-corrected chi connectivity index (χ1v) is 3.88. The van der Waals surface area contributed by atoms with E-state index in [0.717, 1.165) is 5.03 Å². The molecular weight excluding hydrogens is 258 g/mol. The van der Waals surface area contributed by atoms with Crippen molar-refractivity contribution in [3.8, 4) is 0 Å². The second kappa shape index (κ2) is 13.7. The number of hydrogen-bond donors (Lipinski definition) is 0. The molecule has 8 heteroatoms. The van der Waals surface area contributed by atoms with Crippen LogP contribution in [0.3, 0.4) is 0 Å². The fourth-order valence-electron chi connectivity index (χ4n) is 0.394. The number of rotatable bonds is 1. The van der Waals surface area contributed by atoms with Crippen molar-refractivity contribution >= 4 is 46.4 Å². The molecule has 0 fully saturated rings. The Morgan fingerprint density at radius 3 is 2.31 bits per heavy atom. The van der Waals surface area contributed by atoms with E-state index in [2.05, 4.69) is 16.2 Å². The fourth-order valence-corrected chi connectivity index (χ4v) is 0.932. The van der Waals surface area contributed by atoms with Gasteiger partial charge in [0.25, 0.3) is 0 Å². The number of hydrogen-bond acceptors (Lipinski definition) is 3. The van der Waals surface area contributed by atoms with Gasteiger partial charge in [-0.2, -0.15) is 11.8 Å². The van der Waals surface area contributed by atoms with Crippen molar-refractivity contribution in [2.45, 2.75) is 5.03 Å². The quantitative estimate of drug-likeness (QED) is 0.165. The van der Waals surface area contributed by atoms with Gasteiger partial charge >= 0.3 is 41.9 Å². The van der Waals surface area contributed by atoms with Gasteiger partial charge in [-0.25, -0.2) is 0 Å². The Balaban J connectivity index is -0.000000101. The molecule has 1 aromatic heterocycles. The second-order valence-corrected chi connectivity index (χ2v) is 2.47. The molecule has 0 spiro atoms. The zero-order valence-electron chi connectivity index (χ0n) is 7.22. The van der Waals surface area contributed by atoms with E-state index in [1.54, 1.807) is 6.07 Å². The van der Waals surface area contributed by atoms with Gasteiger partial charge in [-0.3, -0.25) is 0 Å². The molecule has 2 nitrogen and oxygen atoms in total. The molecule has 0 atom stereocenters. The van der Waals surface area contributed by atoms with Crippen molar-refractivity contribution in [3.63, 3.8) is 0 Å². The first kappa shape index (κ1) is 24.1. The predicted molar refractivity (Wildman–Crippen MR) is 43.4 cm³/mol. The zero-order chi connectivity index (χ0) is 6.69. The average molecular weight is 262 g/mol. The summed E-state index contributed by atoms with van der Waals surface area (Å²) in [6, 6.07) is 1.69. The maximum absolute atomic E-state index is 5.46. The van der Waals surface area contributed by atoms with Gasteiger partial charge in [0.1, 0.15) is 5.28 Å². The molecule has 0 aliphatic rings. The summed E-state index contributed by atoms with van der Waals surface area (Å²) in [6.45, 7) is 0. The van der Waals surface area contributed by atoms with Crippen LogP contribution in [-0.4, -0.2) is 39.3 Å². The fraction of sp³-hybridized carbons (Fsp3) is 0.200. The van der Waals surface area contributed by atoms with Gasteiger partial charge < -0.3 is 34.8 Å².